The van der Waals surface area contributed by atoms with E-state index in [1.54, 1.807) is 0 Å². The van der Waals surface area contributed by atoms with Crippen LogP contribution < -0.4 is 0 Å². The zero-order valence-corrected chi connectivity index (χ0v) is 26.8. The zero-order chi connectivity index (χ0) is 29.4. The number of hydrogen-bond donors (Lipinski definition) is 2. The number of ketones is 1. The van der Waals surface area contributed by atoms with Gasteiger partial charge in [0.25, 0.3) is 0 Å². The molecule has 0 fully saturated rings. The normalized spacial score (nSPS) is 10.9. The Bertz CT molecular complexity index is 512. The van der Waals surface area contributed by atoms with Crippen LogP contribution in [0.25, 0.3) is 0 Å². The van der Waals surface area contributed by atoms with Crippen molar-refractivity contribution >= 4 is 29.5 Å². The summed E-state index contributed by atoms with van der Waals surface area (Å²) >= 11 is 1.35. The lowest BCUT2D eigenvalue weighted by atomic mass is 9.91. The maximum atomic E-state index is 11.9. The van der Waals surface area contributed by atoms with Gasteiger partial charge >= 0.3 is 11.9 Å². The average molecular weight is 573 g/mol. The first-order valence-corrected chi connectivity index (χ1v) is 17.5. The lowest BCUT2D eigenvalue weighted by Gasteiger charge is -2.13. The molecule has 0 spiro atoms. The van der Waals surface area contributed by atoms with E-state index in [1.807, 2.05) is 6.92 Å². The quantitative estimate of drug-likeness (QED) is 0.0866. The van der Waals surface area contributed by atoms with Gasteiger partial charge in [0.1, 0.15) is 5.78 Å². The molecule has 0 aromatic carbocycles. The van der Waals surface area contributed by atoms with Gasteiger partial charge in [0.2, 0.25) is 0 Å². The molecule has 0 aromatic heterocycles. The highest BCUT2D eigenvalue weighted by Crippen LogP contribution is 2.20. The molecule has 5 nitrogen and oxygen atoms in total. The van der Waals surface area contributed by atoms with Crippen LogP contribution in [0.4, 0.5) is 0 Å². The second kappa shape index (κ2) is 33.2. The fourth-order valence-electron chi connectivity index (χ4n) is 4.73. The standard InChI is InChI=1S/C27H54O.C6H10O4S/c1-4-6-8-10-12-14-16-18-20-22-24-27(26(3)28)25-23-21-19-17-15-13-11-9-7-5-2;7-5(8)1-3-11-4-2-6(9)10/h27H,4-25H2,1-3H3;1-4H2,(H,7,8)(H,9,10). The molecule has 0 heterocycles. The first kappa shape index (κ1) is 40.1. The molecular formula is C33H64O5S. The summed E-state index contributed by atoms with van der Waals surface area (Å²) in [7, 11) is 0. The summed E-state index contributed by atoms with van der Waals surface area (Å²) in [6, 6.07) is 0. The Morgan fingerprint density at radius 3 is 1.05 bits per heavy atom. The number of carbonyl (C=O) groups excluding carboxylic acids is 1. The fraction of sp³-hybridized carbons (Fsp3) is 0.909. The molecular weight excluding hydrogens is 508 g/mol. The zero-order valence-electron chi connectivity index (χ0n) is 26.0. The third-order valence-electron chi connectivity index (χ3n) is 7.31. The minimum absolute atomic E-state index is 0.101. The Morgan fingerprint density at radius 2 is 0.795 bits per heavy atom. The maximum Gasteiger partial charge on any atom is 0.304 e. The molecule has 0 unspecified atom stereocenters. The van der Waals surface area contributed by atoms with Crippen molar-refractivity contribution in [2.75, 3.05) is 11.5 Å². The summed E-state index contributed by atoms with van der Waals surface area (Å²) < 4.78 is 0. The van der Waals surface area contributed by atoms with Crippen LogP contribution >= 0.6 is 11.8 Å². The van der Waals surface area contributed by atoms with E-state index in [1.165, 1.54) is 140 Å². The number of carboxylic acid groups (broad SMARTS) is 2. The average Bonchev–Trinajstić information content (AvgIpc) is 2.89. The minimum Gasteiger partial charge on any atom is -0.481 e. The van der Waals surface area contributed by atoms with E-state index < -0.39 is 11.9 Å². The molecule has 0 rings (SSSR count). The molecule has 0 atom stereocenters. The molecule has 0 amide bonds. The Hall–Kier alpha value is -1.04. The molecule has 0 aromatic rings. The second-order valence-corrected chi connectivity index (χ2v) is 12.4. The van der Waals surface area contributed by atoms with Gasteiger partial charge < -0.3 is 10.2 Å². The predicted molar refractivity (Wildman–Crippen MR) is 169 cm³/mol. The third kappa shape index (κ3) is 37.0. The molecule has 0 aliphatic carbocycles. The van der Waals surface area contributed by atoms with Crippen LogP contribution in [0, 0.1) is 5.92 Å². The Labute approximate surface area is 246 Å². The fourth-order valence-corrected chi connectivity index (χ4v) is 5.57. The Balaban J connectivity index is 0. The van der Waals surface area contributed by atoms with Crippen molar-refractivity contribution in [3.63, 3.8) is 0 Å². The highest BCUT2D eigenvalue weighted by atomic mass is 32.2. The lowest BCUT2D eigenvalue weighted by Crippen LogP contribution is -2.10. The van der Waals surface area contributed by atoms with Crippen molar-refractivity contribution in [3.8, 4) is 0 Å². The van der Waals surface area contributed by atoms with Crippen LogP contribution in [-0.4, -0.2) is 39.4 Å². The molecule has 0 saturated carbocycles. The molecule has 232 valence electrons. The minimum atomic E-state index is -0.840. The predicted octanol–water partition coefficient (Wildman–Crippen LogP) is 10.5. The molecule has 39 heavy (non-hydrogen) atoms. The Morgan fingerprint density at radius 1 is 0.513 bits per heavy atom. The smallest absolute Gasteiger partial charge is 0.304 e. The summed E-state index contributed by atoms with van der Waals surface area (Å²) in [6.45, 7) is 6.38. The van der Waals surface area contributed by atoms with E-state index in [0.29, 0.717) is 23.2 Å². The number of carboxylic acids is 2. The number of unbranched alkanes of at least 4 members (excludes halogenated alkanes) is 18. The SMILES string of the molecule is CCCCCCCCCCCCC(CCCCCCCCCCCC)C(C)=O.O=C(O)CCSCCC(=O)O. The number of aliphatic carboxylic acids is 2. The molecule has 2 N–H and O–H groups in total. The monoisotopic (exact) mass is 572 g/mol. The van der Waals surface area contributed by atoms with Gasteiger partial charge in [-0.05, 0) is 19.8 Å². The van der Waals surface area contributed by atoms with Crippen molar-refractivity contribution in [3.05, 3.63) is 0 Å². The highest BCUT2D eigenvalue weighted by molar-refractivity contribution is 7.99. The van der Waals surface area contributed by atoms with E-state index in [4.69, 9.17) is 10.2 Å². The summed E-state index contributed by atoms with van der Waals surface area (Å²) in [5.41, 5.74) is 0. The van der Waals surface area contributed by atoms with Gasteiger partial charge in [-0.25, -0.2) is 0 Å². The summed E-state index contributed by atoms with van der Waals surface area (Å²) in [6.07, 6.45) is 30.1. The number of carbonyl (C=O) groups is 3. The number of hydrogen-bond acceptors (Lipinski definition) is 4. The topological polar surface area (TPSA) is 91.7 Å². The third-order valence-corrected chi connectivity index (χ3v) is 8.29. The molecule has 0 saturated heterocycles. The van der Waals surface area contributed by atoms with Crippen LogP contribution in [0.1, 0.15) is 175 Å². The van der Waals surface area contributed by atoms with E-state index in [2.05, 4.69) is 13.8 Å². The van der Waals surface area contributed by atoms with Crippen molar-refractivity contribution in [1.29, 1.82) is 0 Å². The van der Waals surface area contributed by atoms with Crippen molar-refractivity contribution in [2.24, 2.45) is 5.92 Å². The van der Waals surface area contributed by atoms with E-state index in [-0.39, 0.29) is 12.8 Å². The van der Waals surface area contributed by atoms with Gasteiger partial charge in [0, 0.05) is 17.4 Å². The van der Waals surface area contributed by atoms with Crippen LogP contribution in [0.3, 0.4) is 0 Å². The molecule has 0 bridgehead atoms. The number of thioether (sulfide) groups is 1. The molecule has 0 aliphatic heterocycles. The molecule has 0 aliphatic rings. The summed E-state index contributed by atoms with van der Waals surface area (Å²) in [4.78, 5) is 31.9. The van der Waals surface area contributed by atoms with Gasteiger partial charge in [0.05, 0.1) is 12.8 Å². The highest BCUT2D eigenvalue weighted by Gasteiger charge is 2.13. The van der Waals surface area contributed by atoms with E-state index in [0.717, 1.165) is 12.8 Å². The molecule has 6 heteroatoms. The van der Waals surface area contributed by atoms with Gasteiger partial charge in [-0.1, -0.05) is 142 Å². The van der Waals surface area contributed by atoms with Gasteiger partial charge in [-0.3, -0.25) is 14.4 Å². The number of Topliss-reactive ketones (excluding diaryl/α,β-unsaturated/α-hetero) is 1. The van der Waals surface area contributed by atoms with Gasteiger partial charge in [-0.2, -0.15) is 11.8 Å². The maximum absolute atomic E-state index is 11.9. The van der Waals surface area contributed by atoms with Crippen molar-refractivity contribution in [1.82, 2.24) is 0 Å². The van der Waals surface area contributed by atoms with Crippen molar-refractivity contribution in [2.45, 2.75) is 175 Å². The summed E-state index contributed by atoms with van der Waals surface area (Å²) in [5.74, 6) is 0.0844. The first-order valence-electron chi connectivity index (χ1n) is 16.4. The Kier molecular flexibility index (Phi) is 34.1. The van der Waals surface area contributed by atoms with E-state index in [9.17, 15) is 14.4 Å². The summed E-state index contributed by atoms with van der Waals surface area (Å²) in [5, 5.41) is 16.4. The lowest BCUT2D eigenvalue weighted by molar-refractivity contribution is -0.137. The first-order chi connectivity index (χ1) is 18.8. The van der Waals surface area contributed by atoms with Crippen LogP contribution in [0.15, 0.2) is 0 Å². The van der Waals surface area contributed by atoms with Crippen LogP contribution in [-0.2, 0) is 14.4 Å². The van der Waals surface area contributed by atoms with Crippen LogP contribution in [0.2, 0.25) is 0 Å². The molecule has 0 radical (unpaired) electrons. The van der Waals surface area contributed by atoms with Crippen molar-refractivity contribution < 1.29 is 24.6 Å². The van der Waals surface area contributed by atoms with Gasteiger partial charge in [-0.15, -0.1) is 0 Å². The van der Waals surface area contributed by atoms with E-state index >= 15 is 0 Å². The second-order valence-electron chi connectivity index (χ2n) is 11.1. The van der Waals surface area contributed by atoms with Gasteiger partial charge in [0.15, 0.2) is 0 Å². The number of rotatable bonds is 29. The largest absolute Gasteiger partial charge is 0.481 e. The van der Waals surface area contributed by atoms with Crippen LogP contribution in [0.5, 0.6) is 0 Å².